The van der Waals surface area contributed by atoms with Gasteiger partial charge in [-0.3, -0.25) is 4.79 Å². The Hall–Kier alpha value is -2.29. The van der Waals surface area contributed by atoms with E-state index in [2.05, 4.69) is 19.9 Å². The van der Waals surface area contributed by atoms with E-state index >= 15 is 0 Å². The molecule has 3 heteroatoms. The summed E-state index contributed by atoms with van der Waals surface area (Å²) >= 11 is 0. The minimum Gasteiger partial charge on any atom is -0.497 e. The molecule has 0 saturated heterocycles. The molecule has 3 rings (SSSR count). The van der Waals surface area contributed by atoms with E-state index in [1.807, 2.05) is 49.5 Å². The maximum atomic E-state index is 13.3. The first-order valence-corrected chi connectivity index (χ1v) is 8.01. The van der Waals surface area contributed by atoms with Gasteiger partial charge in [0.2, 0.25) is 5.91 Å². The maximum Gasteiger partial charge on any atom is 0.237 e. The largest absolute Gasteiger partial charge is 0.497 e. The van der Waals surface area contributed by atoms with Crippen molar-refractivity contribution in [2.75, 3.05) is 19.1 Å². The summed E-state index contributed by atoms with van der Waals surface area (Å²) in [5, 5.41) is 0. The van der Waals surface area contributed by atoms with Crippen LogP contribution in [-0.2, 0) is 16.6 Å². The smallest absolute Gasteiger partial charge is 0.237 e. The maximum absolute atomic E-state index is 13.3. The van der Waals surface area contributed by atoms with Crippen molar-refractivity contribution in [3.63, 3.8) is 0 Å². The van der Waals surface area contributed by atoms with Crippen LogP contribution in [0.5, 0.6) is 5.75 Å². The summed E-state index contributed by atoms with van der Waals surface area (Å²) in [5.74, 6) is 1.12. The number of carbonyl (C=O) groups is 1. The monoisotopic (exact) mass is 309 g/mol. The van der Waals surface area contributed by atoms with Gasteiger partial charge in [0.05, 0.1) is 12.5 Å². The standard InChI is InChI=1S/C20H23NO2/c1-14(2)20(16-9-7-10-17(12-16)23-4)13-15-8-5-6-11-18(15)21(3)19(20)22/h5-12,14H,13H2,1-4H3. The zero-order chi connectivity index (χ0) is 16.6. The van der Waals surface area contributed by atoms with Crippen LogP contribution < -0.4 is 9.64 Å². The SMILES string of the molecule is COc1cccc(C2(C(C)C)Cc3ccccc3N(C)C2=O)c1. The number of carbonyl (C=O) groups excluding carboxylic acids is 1. The molecule has 1 unspecified atom stereocenters. The van der Waals surface area contributed by atoms with Crippen molar-refractivity contribution in [3.8, 4) is 5.75 Å². The number of para-hydroxylation sites is 1. The Morgan fingerprint density at radius 3 is 2.57 bits per heavy atom. The molecule has 0 aliphatic carbocycles. The third kappa shape index (κ3) is 2.31. The summed E-state index contributed by atoms with van der Waals surface area (Å²) < 4.78 is 5.38. The molecule has 0 N–H and O–H groups in total. The molecule has 0 aromatic heterocycles. The Labute approximate surface area is 137 Å². The van der Waals surface area contributed by atoms with Gasteiger partial charge in [-0.05, 0) is 41.7 Å². The minimum atomic E-state index is -0.558. The lowest BCUT2D eigenvalue weighted by atomic mass is 9.65. The number of likely N-dealkylation sites (N-methyl/N-ethyl adjacent to an activating group) is 1. The second-order valence-corrected chi connectivity index (χ2v) is 6.53. The fraction of sp³-hybridized carbons (Fsp3) is 0.350. The summed E-state index contributed by atoms with van der Waals surface area (Å²) in [6, 6.07) is 16.1. The molecule has 23 heavy (non-hydrogen) atoms. The predicted molar refractivity (Wildman–Crippen MR) is 93.1 cm³/mol. The number of ether oxygens (including phenoxy) is 1. The molecule has 1 aliphatic rings. The highest BCUT2D eigenvalue weighted by Gasteiger charge is 2.48. The number of methoxy groups -OCH3 is 1. The Morgan fingerprint density at radius 2 is 1.87 bits per heavy atom. The van der Waals surface area contributed by atoms with E-state index in [-0.39, 0.29) is 11.8 Å². The summed E-state index contributed by atoms with van der Waals surface area (Å²) in [4.78, 5) is 15.1. The second kappa shape index (κ2) is 5.73. The highest BCUT2D eigenvalue weighted by atomic mass is 16.5. The van der Waals surface area contributed by atoms with Crippen molar-refractivity contribution in [1.82, 2.24) is 0 Å². The van der Waals surface area contributed by atoms with E-state index in [1.54, 1.807) is 12.0 Å². The topological polar surface area (TPSA) is 29.5 Å². The number of rotatable bonds is 3. The van der Waals surface area contributed by atoms with Crippen LogP contribution in [0.2, 0.25) is 0 Å². The van der Waals surface area contributed by atoms with Crippen molar-refractivity contribution >= 4 is 11.6 Å². The lowest BCUT2D eigenvalue weighted by Crippen LogP contribution is -2.53. The summed E-state index contributed by atoms with van der Waals surface area (Å²) in [6.07, 6.45) is 0.719. The number of fused-ring (bicyclic) bond motifs is 1. The van der Waals surface area contributed by atoms with Gasteiger partial charge in [0.15, 0.2) is 0 Å². The van der Waals surface area contributed by atoms with E-state index in [4.69, 9.17) is 4.74 Å². The fourth-order valence-electron chi connectivity index (χ4n) is 3.68. The first-order chi connectivity index (χ1) is 11.0. The second-order valence-electron chi connectivity index (χ2n) is 6.53. The quantitative estimate of drug-likeness (QED) is 0.863. The lowest BCUT2D eigenvalue weighted by molar-refractivity contribution is -0.126. The normalized spacial score (nSPS) is 20.6. The average molecular weight is 309 g/mol. The Balaban J connectivity index is 2.20. The summed E-state index contributed by atoms with van der Waals surface area (Å²) in [7, 11) is 3.53. The number of hydrogen-bond donors (Lipinski definition) is 0. The van der Waals surface area contributed by atoms with E-state index in [1.165, 1.54) is 5.56 Å². The van der Waals surface area contributed by atoms with Crippen LogP contribution in [0.3, 0.4) is 0 Å². The van der Waals surface area contributed by atoms with Gasteiger partial charge in [-0.1, -0.05) is 44.2 Å². The lowest BCUT2D eigenvalue weighted by Gasteiger charge is -2.44. The Bertz CT molecular complexity index is 738. The highest BCUT2D eigenvalue weighted by Crippen LogP contribution is 2.44. The van der Waals surface area contributed by atoms with Crippen LogP contribution in [0.4, 0.5) is 5.69 Å². The molecule has 1 atom stereocenters. The number of anilines is 1. The van der Waals surface area contributed by atoms with Crippen molar-refractivity contribution in [2.24, 2.45) is 5.92 Å². The molecule has 0 bridgehead atoms. The Morgan fingerprint density at radius 1 is 1.13 bits per heavy atom. The first-order valence-electron chi connectivity index (χ1n) is 8.01. The molecule has 0 radical (unpaired) electrons. The minimum absolute atomic E-state index is 0.152. The molecule has 0 saturated carbocycles. The number of nitrogens with zero attached hydrogens (tertiary/aromatic N) is 1. The molecular weight excluding hydrogens is 286 g/mol. The molecular formula is C20H23NO2. The van der Waals surface area contributed by atoms with E-state index in [9.17, 15) is 4.79 Å². The van der Waals surface area contributed by atoms with Crippen molar-refractivity contribution in [1.29, 1.82) is 0 Å². The molecule has 3 nitrogen and oxygen atoms in total. The third-order valence-electron chi connectivity index (χ3n) is 5.08. The summed E-state index contributed by atoms with van der Waals surface area (Å²) in [6.45, 7) is 4.25. The summed E-state index contributed by atoms with van der Waals surface area (Å²) in [5.41, 5.74) is 2.69. The average Bonchev–Trinajstić information content (AvgIpc) is 2.58. The van der Waals surface area contributed by atoms with Gasteiger partial charge in [-0.2, -0.15) is 0 Å². The van der Waals surface area contributed by atoms with Crippen molar-refractivity contribution in [2.45, 2.75) is 25.7 Å². The van der Waals surface area contributed by atoms with Gasteiger partial charge in [0.1, 0.15) is 5.75 Å². The molecule has 0 fully saturated rings. The molecule has 1 amide bonds. The zero-order valence-corrected chi connectivity index (χ0v) is 14.2. The number of hydrogen-bond acceptors (Lipinski definition) is 2. The van der Waals surface area contributed by atoms with Crippen LogP contribution in [0, 0.1) is 5.92 Å². The van der Waals surface area contributed by atoms with Crippen LogP contribution >= 0.6 is 0 Å². The van der Waals surface area contributed by atoms with Gasteiger partial charge in [-0.15, -0.1) is 0 Å². The third-order valence-corrected chi connectivity index (χ3v) is 5.08. The highest BCUT2D eigenvalue weighted by molar-refractivity contribution is 6.04. The number of amides is 1. The Kier molecular flexibility index (Phi) is 3.88. The van der Waals surface area contributed by atoms with Crippen LogP contribution in [-0.4, -0.2) is 20.1 Å². The van der Waals surface area contributed by atoms with Gasteiger partial charge in [0, 0.05) is 12.7 Å². The number of benzene rings is 2. The van der Waals surface area contributed by atoms with Gasteiger partial charge in [-0.25, -0.2) is 0 Å². The van der Waals surface area contributed by atoms with E-state index < -0.39 is 5.41 Å². The van der Waals surface area contributed by atoms with Gasteiger partial charge < -0.3 is 9.64 Å². The molecule has 2 aromatic carbocycles. The van der Waals surface area contributed by atoms with Crippen molar-refractivity contribution < 1.29 is 9.53 Å². The van der Waals surface area contributed by atoms with Crippen LogP contribution in [0.15, 0.2) is 48.5 Å². The van der Waals surface area contributed by atoms with Crippen LogP contribution in [0.1, 0.15) is 25.0 Å². The zero-order valence-electron chi connectivity index (χ0n) is 14.2. The molecule has 120 valence electrons. The molecule has 1 heterocycles. The first kappa shape index (κ1) is 15.6. The van der Waals surface area contributed by atoms with Crippen LogP contribution in [0.25, 0.3) is 0 Å². The van der Waals surface area contributed by atoms with Gasteiger partial charge in [0.25, 0.3) is 0 Å². The van der Waals surface area contributed by atoms with Crippen molar-refractivity contribution in [3.05, 3.63) is 59.7 Å². The fourth-order valence-corrected chi connectivity index (χ4v) is 3.68. The molecule has 1 aliphatic heterocycles. The van der Waals surface area contributed by atoms with E-state index in [0.29, 0.717) is 0 Å². The predicted octanol–water partition coefficient (Wildman–Crippen LogP) is 3.81. The molecule has 2 aromatic rings. The van der Waals surface area contributed by atoms with Gasteiger partial charge >= 0.3 is 0 Å². The molecule has 0 spiro atoms. The van der Waals surface area contributed by atoms with E-state index in [0.717, 1.165) is 23.4 Å².